The van der Waals surface area contributed by atoms with Crippen molar-refractivity contribution in [1.82, 2.24) is 10.3 Å². The van der Waals surface area contributed by atoms with Crippen molar-refractivity contribution in [3.05, 3.63) is 22.8 Å². The lowest BCUT2D eigenvalue weighted by Gasteiger charge is -2.19. The van der Waals surface area contributed by atoms with Gasteiger partial charge in [-0.3, -0.25) is 0 Å². The molecule has 0 radical (unpaired) electrons. The highest BCUT2D eigenvalue weighted by Gasteiger charge is 2.20. The topological polar surface area (TPSA) is 62.3 Å². The van der Waals surface area contributed by atoms with Crippen LogP contribution < -0.4 is 10.2 Å². The number of anilines is 1. The van der Waals surface area contributed by atoms with Gasteiger partial charge in [-0.05, 0) is 24.5 Å². The van der Waals surface area contributed by atoms with Gasteiger partial charge in [0.1, 0.15) is 15.7 Å². The molecule has 112 valence electrons. The SMILES string of the molecule is CN(CCS(C)(=O)=O)c1cc(CNC2CC2)c(Cl)cn1. The van der Waals surface area contributed by atoms with Gasteiger partial charge in [-0.1, -0.05) is 11.6 Å². The summed E-state index contributed by atoms with van der Waals surface area (Å²) in [6.45, 7) is 1.14. The molecule has 0 bridgehead atoms. The van der Waals surface area contributed by atoms with Crippen molar-refractivity contribution >= 4 is 27.3 Å². The fourth-order valence-electron chi connectivity index (χ4n) is 1.77. The molecular weight excluding hydrogens is 298 g/mol. The summed E-state index contributed by atoms with van der Waals surface area (Å²) in [7, 11) is -1.13. The number of rotatable bonds is 7. The molecule has 5 nitrogen and oxygen atoms in total. The van der Waals surface area contributed by atoms with Crippen molar-refractivity contribution in [3.8, 4) is 0 Å². The van der Waals surface area contributed by atoms with E-state index in [9.17, 15) is 8.42 Å². The van der Waals surface area contributed by atoms with Crippen LogP contribution in [-0.2, 0) is 16.4 Å². The Kier molecular flexibility index (Phi) is 4.88. The van der Waals surface area contributed by atoms with Gasteiger partial charge in [-0.15, -0.1) is 0 Å². The van der Waals surface area contributed by atoms with Gasteiger partial charge >= 0.3 is 0 Å². The lowest BCUT2D eigenvalue weighted by Crippen LogP contribution is -2.26. The molecule has 0 aromatic carbocycles. The van der Waals surface area contributed by atoms with Crippen LogP contribution >= 0.6 is 11.6 Å². The maximum absolute atomic E-state index is 11.2. The summed E-state index contributed by atoms with van der Waals surface area (Å²) in [5.41, 5.74) is 0.995. The molecule has 1 aliphatic carbocycles. The zero-order valence-electron chi connectivity index (χ0n) is 11.8. The van der Waals surface area contributed by atoms with Gasteiger partial charge in [0.15, 0.2) is 0 Å². The van der Waals surface area contributed by atoms with Crippen molar-refractivity contribution < 1.29 is 8.42 Å². The first-order valence-corrected chi connectivity index (χ1v) is 9.05. The van der Waals surface area contributed by atoms with Gasteiger partial charge < -0.3 is 10.2 Å². The Hall–Kier alpha value is -0.850. The van der Waals surface area contributed by atoms with Gasteiger partial charge in [-0.2, -0.15) is 0 Å². The molecule has 1 aliphatic rings. The predicted molar refractivity (Wildman–Crippen MR) is 82.1 cm³/mol. The highest BCUT2D eigenvalue weighted by Crippen LogP contribution is 2.23. The van der Waals surface area contributed by atoms with E-state index in [1.807, 2.05) is 18.0 Å². The second-order valence-electron chi connectivity index (χ2n) is 5.34. The van der Waals surface area contributed by atoms with Crippen LogP contribution in [0, 0.1) is 0 Å². The molecule has 0 amide bonds. The number of hydrogen-bond donors (Lipinski definition) is 1. The fourth-order valence-corrected chi connectivity index (χ4v) is 2.55. The first kappa shape index (κ1) is 15.5. The second kappa shape index (κ2) is 6.28. The first-order valence-electron chi connectivity index (χ1n) is 6.62. The van der Waals surface area contributed by atoms with E-state index >= 15 is 0 Å². The van der Waals surface area contributed by atoms with Crippen LogP contribution in [0.5, 0.6) is 0 Å². The lowest BCUT2D eigenvalue weighted by molar-refractivity contribution is 0.601. The minimum Gasteiger partial charge on any atom is -0.359 e. The molecule has 7 heteroatoms. The molecule has 2 rings (SSSR count). The molecule has 1 aromatic rings. The molecule has 0 unspecified atom stereocenters. The average molecular weight is 318 g/mol. The maximum atomic E-state index is 11.2. The van der Waals surface area contributed by atoms with E-state index in [1.165, 1.54) is 19.1 Å². The molecule has 1 heterocycles. The largest absolute Gasteiger partial charge is 0.359 e. The standard InChI is InChI=1S/C13H20ClN3O2S/c1-17(5-6-20(2,18)19)13-7-10(12(14)9-16-13)8-15-11-3-4-11/h7,9,11,15H,3-6,8H2,1-2H3. The van der Waals surface area contributed by atoms with Crippen LogP contribution in [0.4, 0.5) is 5.82 Å². The van der Waals surface area contributed by atoms with Crippen molar-refractivity contribution in [2.24, 2.45) is 0 Å². The van der Waals surface area contributed by atoms with Gasteiger partial charge in [0, 0.05) is 38.6 Å². The lowest BCUT2D eigenvalue weighted by atomic mass is 10.2. The van der Waals surface area contributed by atoms with E-state index in [2.05, 4.69) is 10.3 Å². The Morgan fingerprint density at radius 1 is 1.50 bits per heavy atom. The number of nitrogens with one attached hydrogen (secondary N) is 1. The Balaban J connectivity index is 2.01. The quantitative estimate of drug-likeness (QED) is 0.825. The Morgan fingerprint density at radius 2 is 2.20 bits per heavy atom. The molecule has 1 fully saturated rings. The molecule has 1 aromatic heterocycles. The number of sulfone groups is 1. The zero-order valence-corrected chi connectivity index (χ0v) is 13.3. The molecule has 20 heavy (non-hydrogen) atoms. The van der Waals surface area contributed by atoms with Crippen molar-refractivity contribution in [2.45, 2.75) is 25.4 Å². The van der Waals surface area contributed by atoms with Gasteiger partial charge in [0.05, 0.1) is 10.8 Å². The second-order valence-corrected chi connectivity index (χ2v) is 8.01. The summed E-state index contributed by atoms with van der Waals surface area (Å²) in [6.07, 6.45) is 5.31. The van der Waals surface area contributed by atoms with Crippen molar-refractivity contribution in [2.75, 3.05) is 30.5 Å². The van der Waals surface area contributed by atoms with E-state index in [0.717, 1.165) is 17.9 Å². The van der Waals surface area contributed by atoms with Crippen LogP contribution in [-0.4, -0.2) is 45.0 Å². The van der Waals surface area contributed by atoms with Crippen LogP contribution in [0.3, 0.4) is 0 Å². The van der Waals surface area contributed by atoms with E-state index in [4.69, 9.17) is 11.6 Å². The zero-order chi connectivity index (χ0) is 14.8. The Labute approximate surface area is 125 Å². The van der Waals surface area contributed by atoms with E-state index in [1.54, 1.807) is 6.20 Å². The third-order valence-electron chi connectivity index (χ3n) is 3.27. The van der Waals surface area contributed by atoms with Gasteiger partial charge in [0.25, 0.3) is 0 Å². The number of aromatic nitrogens is 1. The number of nitrogens with zero attached hydrogens (tertiary/aromatic N) is 2. The molecule has 1 N–H and O–H groups in total. The van der Waals surface area contributed by atoms with E-state index in [-0.39, 0.29) is 5.75 Å². The van der Waals surface area contributed by atoms with Crippen LogP contribution in [0.2, 0.25) is 5.02 Å². The number of pyridine rings is 1. The van der Waals surface area contributed by atoms with E-state index in [0.29, 0.717) is 17.6 Å². The van der Waals surface area contributed by atoms with Crippen molar-refractivity contribution in [1.29, 1.82) is 0 Å². The summed E-state index contributed by atoms with van der Waals surface area (Å²) < 4.78 is 22.4. The van der Waals surface area contributed by atoms with Crippen LogP contribution in [0.15, 0.2) is 12.3 Å². The molecule has 0 atom stereocenters. The molecular formula is C13H20ClN3O2S. The maximum Gasteiger partial charge on any atom is 0.149 e. The molecule has 1 saturated carbocycles. The van der Waals surface area contributed by atoms with Gasteiger partial charge in [0.2, 0.25) is 0 Å². The summed E-state index contributed by atoms with van der Waals surface area (Å²) in [4.78, 5) is 6.08. The third-order valence-corrected chi connectivity index (χ3v) is 4.53. The molecule has 0 saturated heterocycles. The molecule has 0 spiro atoms. The summed E-state index contributed by atoms with van der Waals surface area (Å²) in [6, 6.07) is 2.53. The Morgan fingerprint density at radius 3 is 2.80 bits per heavy atom. The minimum absolute atomic E-state index is 0.115. The normalized spacial score (nSPS) is 15.3. The first-order chi connectivity index (χ1) is 9.35. The predicted octanol–water partition coefficient (Wildman–Crippen LogP) is 1.47. The molecule has 0 aliphatic heterocycles. The fraction of sp³-hybridized carbons (Fsp3) is 0.615. The Bertz CT molecular complexity index is 573. The summed E-state index contributed by atoms with van der Waals surface area (Å²) in [5, 5.41) is 4.05. The highest BCUT2D eigenvalue weighted by molar-refractivity contribution is 7.90. The minimum atomic E-state index is -2.97. The van der Waals surface area contributed by atoms with Gasteiger partial charge in [-0.25, -0.2) is 13.4 Å². The summed E-state index contributed by atoms with van der Waals surface area (Å²) >= 11 is 6.14. The number of halogens is 1. The smallest absolute Gasteiger partial charge is 0.149 e. The van der Waals surface area contributed by atoms with Crippen LogP contribution in [0.25, 0.3) is 0 Å². The highest BCUT2D eigenvalue weighted by atomic mass is 35.5. The van der Waals surface area contributed by atoms with E-state index < -0.39 is 9.84 Å². The third kappa shape index (κ3) is 4.92. The summed E-state index contributed by atoms with van der Waals surface area (Å²) in [5.74, 6) is 0.856. The monoisotopic (exact) mass is 317 g/mol. The average Bonchev–Trinajstić information content (AvgIpc) is 3.18. The number of hydrogen-bond acceptors (Lipinski definition) is 5. The van der Waals surface area contributed by atoms with Crippen molar-refractivity contribution in [3.63, 3.8) is 0 Å². The van der Waals surface area contributed by atoms with Crippen LogP contribution in [0.1, 0.15) is 18.4 Å².